The van der Waals surface area contributed by atoms with Crippen LogP contribution in [-0.2, 0) is 12.8 Å². The van der Waals surface area contributed by atoms with E-state index in [1.807, 2.05) is 18.2 Å². The van der Waals surface area contributed by atoms with Gasteiger partial charge < -0.3 is 0 Å². The number of halogens is 1. The highest BCUT2D eigenvalue weighted by atomic mass is 32.1. The van der Waals surface area contributed by atoms with Gasteiger partial charge in [-0.1, -0.05) is 18.2 Å². The van der Waals surface area contributed by atoms with E-state index >= 15 is 0 Å². The second-order valence-electron chi connectivity index (χ2n) is 5.46. The lowest BCUT2D eigenvalue weighted by Gasteiger charge is -2.02. The number of rotatable bonds is 2. The second-order valence-corrected chi connectivity index (χ2v) is 6.54. The molecule has 0 spiro atoms. The van der Waals surface area contributed by atoms with Crippen LogP contribution >= 0.6 is 11.3 Å². The lowest BCUT2D eigenvalue weighted by atomic mass is 10.0. The Balaban J connectivity index is 1.75. The van der Waals surface area contributed by atoms with Gasteiger partial charge in [0.15, 0.2) is 0 Å². The summed E-state index contributed by atoms with van der Waals surface area (Å²) >= 11 is 1.36. The zero-order valence-corrected chi connectivity index (χ0v) is 12.2. The number of thiophene rings is 1. The Morgan fingerprint density at radius 3 is 2.76 bits per heavy atom. The average molecular weight is 296 g/mol. The number of ketones is 1. The molecule has 3 heteroatoms. The molecule has 3 aromatic rings. The number of fused-ring (bicyclic) bond motifs is 2. The Kier molecular flexibility index (Phi) is 2.89. The SMILES string of the molecule is O=C(c1ccc2c(c1)CCC2)c1cc2ccc(F)cc2s1. The van der Waals surface area contributed by atoms with Gasteiger partial charge in [-0.25, -0.2) is 4.39 Å². The van der Waals surface area contributed by atoms with Gasteiger partial charge in [0.05, 0.1) is 4.88 Å². The molecule has 21 heavy (non-hydrogen) atoms. The number of aryl methyl sites for hydroxylation is 2. The summed E-state index contributed by atoms with van der Waals surface area (Å²) in [5.41, 5.74) is 3.40. The molecule has 2 aromatic carbocycles. The predicted octanol–water partition coefficient (Wildman–Crippen LogP) is 4.76. The lowest BCUT2D eigenvalue weighted by molar-refractivity contribution is 0.104. The van der Waals surface area contributed by atoms with Gasteiger partial charge in [-0.05, 0) is 60.0 Å². The maximum Gasteiger partial charge on any atom is 0.202 e. The van der Waals surface area contributed by atoms with E-state index in [0.29, 0.717) is 4.88 Å². The second kappa shape index (κ2) is 4.78. The van der Waals surface area contributed by atoms with E-state index in [1.54, 1.807) is 6.07 Å². The zero-order chi connectivity index (χ0) is 14.4. The first-order chi connectivity index (χ1) is 10.2. The maximum absolute atomic E-state index is 13.2. The molecule has 1 heterocycles. The van der Waals surface area contributed by atoms with E-state index in [2.05, 4.69) is 6.07 Å². The third-order valence-corrected chi connectivity index (χ3v) is 5.16. The maximum atomic E-state index is 13.2. The smallest absolute Gasteiger partial charge is 0.202 e. The van der Waals surface area contributed by atoms with Crippen molar-refractivity contribution in [2.75, 3.05) is 0 Å². The highest BCUT2D eigenvalue weighted by Gasteiger charge is 2.17. The van der Waals surface area contributed by atoms with E-state index in [-0.39, 0.29) is 11.6 Å². The van der Waals surface area contributed by atoms with Crippen LogP contribution in [0.5, 0.6) is 0 Å². The largest absolute Gasteiger partial charge is 0.288 e. The Bertz CT molecular complexity index is 863. The molecule has 1 aromatic heterocycles. The summed E-state index contributed by atoms with van der Waals surface area (Å²) in [6.07, 6.45) is 3.36. The highest BCUT2D eigenvalue weighted by molar-refractivity contribution is 7.21. The van der Waals surface area contributed by atoms with E-state index in [1.165, 1.54) is 41.0 Å². The molecule has 1 aliphatic rings. The van der Waals surface area contributed by atoms with E-state index < -0.39 is 0 Å². The Morgan fingerprint density at radius 1 is 1.00 bits per heavy atom. The Hall–Kier alpha value is -2.00. The molecule has 0 radical (unpaired) electrons. The van der Waals surface area contributed by atoms with Crippen molar-refractivity contribution in [3.63, 3.8) is 0 Å². The molecular formula is C18H13FOS. The summed E-state index contributed by atoms with van der Waals surface area (Å²) in [4.78, 5) is 13.3. The fourth-order valence-corrected chi connectivity index (χ4v) is 4.02. The molecule has 4 rings (SSSR count). The van der Waals surface area contributed by atoms with Gasteiger partial charge in [-0.15, -0.1) is 11.3 Å². The van der Waals surface area contributed by atoms with Crippen molar-refractivity contribution in [2.45, 2.75) is 19.3 Å². The summed E-state index contributed by atoms with van der Waals surface area (Å²) in [5.74, 6) is -0.229. The summed E-state index contributed by atoms with van der Waals surface area (Å²) in [7, 11) is 0. The van der Waals surface area contributed by atoms with Crippen molar-refractivity contribution in [3.8, 4) is 0 Å². The third-order valence-electron chi connectivity index (χ3n) is 4.07. The molecule has 0 unspecified atom stereocenters. The van der Waals surface area contributed by atoms with Gasteiger partial charge in [0.1, 0.15) is 5.82 Å². The molecule has 0 saturated carbocycles. The third kappa shape index (κ3) is 2.18. The highest BCUT2D eigenvalue weighted by Crippen LogP contribution is 2.29. The molecule has 0 fully saturated rings. The summed E-state index contributed by atoms with van der Waals surface area (Å²) in [5, 5.41) is 0.922. The van der Waals surface area contributed by atoms with Gasteiger partial charge in [-0.3, -0.25) is 4.79 Å². The first kappa shape index (κ1) is 12.7. The minimum absolute atomic E-state index is 0.0336. The van der Waals surface area contributed by atoms with Crippen LogP contribution in [-0.4, -0.2) is 5.78 Å². The van der Waals surface area contributed by atoms with E-state index in [9.17, 15) is 9.18 Å². The van der Waals surface area contributed by atoms with E-state index in [0.717, 1.165) is 28.5 Å². The van der Waals surface area contributed by atoms with Crippen LogP contribution in [0.4, 0.5) is 4.39 Å². The minimum Gasteiger partial charge on any atom is -0.288 e. The topological polar surface area (TPSA) is 17.1 Å². The van der Waals surface area contributed by atoms with Gasteiger partial charge >= 0.3 is 0 Å². The first-order valence-electron chi connectivity index (χ1n) is 7.06. The molecule has 1 nitrogen and oxygen atoms in total. The molecule has 0 bridgehead atoms. The predicted molar refractivity (Wildman–Crippen MR) is 83.7 cm³/mol. The standard InChI is InChI=1S/C18H13FOS/c19-15-7-6-13-9-17(21-16(13)10-15)18(20)14-5-4-11-2-1-3-12(11)8-14/h4-10H,1-3H2. The summed E-state index contributed by atoms with van der Waals surface area (Å²) in [6, 6.07) is 12.5. The van der Waals surface area contributed by atoms with Crippen molar-refractivity contribution in [2.24, 2.45) is 0 Å². The molecule has 0 N–H and O–H groups in total. The van der Waals surface area contributed by atoms with Crippen LogP contribution in [0.1, 0.15) is 32.8 Å². The average Bonchev–Trinajstić information content (AvgIpc) is 3.11. The summed E-state index contributed by atoms with van der Waals surface area (Å²) < 4.78 is 14.1. The van der Waals surface area contributed by atoms with Crippen LogP contribution in [0, 0.1) is 5.82 Å². The van der Waals surface area contributed by atoms with Crippen molar-refractivity contribution in [1.29, 1.82) is 0 Å². The molecule has 104 valence electrons. The number of hydrogen-bond acceptors (Lipinski definition) is 2. The number of carbonyl (C=O) groups is 1. The van der Waals surface area contributed by atoms with Gasteiger partial charge in [0, 0.05) is 10.3 Å². The number of hydrogen-bond donors (Lipinski definition) is 0. The van der Waals surface area contributed by atoms with Crippen molar-refractivity contribution in [3.05, 3.63) is 69.8 Å². The number of carbonyl (C=O) groups excluding carboxylic acids is 1. The van der Waals surface area contributed by atoms with Crippen molar-refractivity contribution < 1.29 is 9.18 Å². The van der Waals surface area contributed by atoms with Crippen LogP contribution in [0.15, 0.2) is 42.5 Å². The van der Waals surface area contributed by atoms with Crippen LogP contribution in [0.3, 0.4) is 0 Å². The molecule has 0 aliphatic heterocycles. The van der Waals surface area contributed by atoms with Crippen molar-refractivity contribution >= 4 is 27.2 Å². The molecule has 1 aliphatic carbocycles. The summed E-state index contributed by atoms with van der Waals surface area (Å²) in [6.45, 7) is 0. The van der Waals surface area contributed by atoms with Crippen LogP contribution in [0.2, 0.25) is 0 Å². The number of benzene rings is 2. The van der Waals surface area contributed by atoms with Crippen LogP contribution < -0.4 is 0 Å². The molecule has 0 saturated heterocycles. The quantitative estimate of drug-likeness (QED) is 0.623. The molecule has 0 atom stereocenters. The van der Waals surface area contributed by atoms with Crippen LogP contribution in [0.25, 0.3) is 10.1 Å². The Morgan fingerprint density at radius 2 is 1.86 bits per heavy atom. The van der Waals surface area contributed by atoms with Gasteiger partial charge in [0.2, 0.25) is 5.78 Å². The van der Waals surface area contributed by atoms with E-state index in [4.69, 9.17) is 0 Å². The van der Waals surface area contributed by atoms with Gasteiger partial charge in [0.25, 0.3) is 0 Å². The minimum atomic E-state index is -0.263. The van der Waals surface area contributed by atoms with Crippen molar-refractivity contribution in [1.82, 2.24) is 0 Å². The first-order valence-corrected chi connectivity index (χ1v) is 7.88. The molecule has 0 amide bonds. The zero-order valence-electron chi connectivity index (χ0n) is 11.4. The monoisotopic (exact) mass is 296 g/mol. The fourth-order valence-electron chi connectivity index (χ4n) is 2.97. The van der Waals surface area contributed by atoms with Gasteiger partial charge in [-0.2, -0.15) is 0 Å². The fraction of sp³-hybridized carbons (Fsp3) is 0.167. The lowest BCUT2D eigenvalue weighted by Crippen LogP contribution is -1.99. The normalized spacial score (nSPS) is 13.6. The Labute approximate surface area is 126 Å². The molecular weight excluding hydrogens is 283 g/mol.